The van der Waals surface area contributed by atoms with E-state index in [4.69, 9.17) is 15.2 Å². The van der Waals surface area contributed by atoms with E-state index in [0.29, 0.717) is 11.3 Å². The number of rotatable bonds is 4. The maximum absolute atomic E-state index is 13.1. The van der Waals surface area contributed by atoms with Gasteiger partial charge in [-0.2, -0.15) is 0 Å². The van der Waals surface area contributed by atoms with Crippen molar-refractivity contribution in [3.05, 3.63) is 23.3 Å². The molecule has 1 aliphatic rings. The molecule has 3 nitrogen and oxygen atoms in total. The molecular formula is C14H19F2NO2. The van der Waals surface area contributed by atoms with Gasteiger partial charge in [0, 0.05) is 5.54 Å². The van der Waals surface area contributed by atoms with Crippen molar-refractivity contribution in [1.29, 1.82) is 0 Å². The summed E-state index contributed by atoms with van der Waals surface area (Å²) in [6.07, 6.45) is 1.05. The van der Waals surface area contributed by atoms with E-state index in [-0.39, 0.29) is 11.3 Å². The van der Waals surface area contributed by atoms with Crippen LogP contribution in [-0.4, -0.2) is 14.2 Å². The second-order valence-electron chi connectivity index (χ2n) is 4.96. The van der Waals surface area contributed by atoms with Gasteiger partial charge in [0.25, 0.3) is 6.43 Å². The molecule has 19 heavy (non-hydrogen) atoms. The summed E-state index contributed by atoms with van der Waals surface area (Å²) in [5.74, 6) is 0.398. The highest BCUT2D eigenvalue weighted by Crippen LogP contribution is 2.44. The van der Waals surface area contributed by atoms with Gasteiger partial charge in [0.15, 0.2) is 11.5 Å². The summed E-state index contributed by atoms with van der Waals surface area (Å²) in [7, 11) is 2.80. The zero-order chi connectivity index (χ0) is 14.0. The Morgan fingerprint density at radius 3 is 2.26 bits per heavy atom. The summed E-state index contributed by atoms with van der Waals surface area (Å²) in [6, 6.07) is 3.17. The first-order chi connectivity index (χ1) is 9.01. The highest BCUT2D eigenvalue weighted by Gasteiger charge is 2.33. The fourth-order valence-electron chi connectivity index (χ4n) is 2.74. The lowest BCUT2D eigenvalue weighted by Crippen LogP contribution is -2.33. The quantitative estimate of drug-likeness (QED) is 0.913. The molecule has 1 aliphatic carbocycles. The predicted octanol–water partition coefficient (Wildman–Crippen LogP) is 3.37. The predicted molar refractivity (Wildman–Crippen MR) is 68.8 cm³/mol. The molecule has 0 bridgehead atoms. The van der Waals surface area contributed by atoms with Crippen molar-refractivity contribution >= 4 is 0 Å². The van der Waals surface area contributed by atoms with Gasteiger partial charge in [-0.05, 0) is 30.5 Å². The Balaban J connectivity index is 2.54. The van der Waals surface area contributed by atoms with E-state index in [1.54, 1.807) is 6.07 Å². The second kappa shape index (κ2) is 5.33. The van der Waals surface area contributed by atoms with E-state index < -0.39 is 12.0 Å². The van der Waals surface area contributed by atoms with Crippen molar-refractivity contribution in [1.82, 2.24) is 0 Å². The Morgan fingerprint density at radius 1 is 1.16 bits per heavy atom. The number of hydrogen-bond donors (Lipinski definition) is 1. The average Bonchev–Trinajstić information content (AvgIpc) is 2.85. The minimum absolute atomic E-state index is 0.0860. The van der Waals surface area contributed by atoms with Crippen molar-refractivity contribution in [2.45, 2.75) is 37.6 Å². The van der Waals surface area contributed by atoms with Gasteiger partial charge < -0.3 is 15.2 Å². The molecule has 0 spiro atoms. The van der Waals surface area contributed by atoms with Gasteiger partial charge in [0.05, 0.1) is 19.8 Å². The molecule has 0 amide bonds. The van der Waals surface area contributed by atoms with Gasteiger partial charge in [0.2, 0.25) is 0 Å². The molecule has 1 fully saturated rings. The largest absolute Gasteiger partial charge is 0.493 e. The van der Waals surface area contributed by atoms with Crippen molar-refractivity contribution in [2.24, 2.45) is 5.73 Å². The Morgan fingerprint density at radius 2 is 1.79 bits per heavy atom. The monoisotopic (exact) mass is 271 g/mol. The van der Waals surface area contributed by atoms with Crippen molar-refractivity contribution in [2.75, 3.05) is 14.2 Å². The van der Waals surface area contributed by atoms with Gasteiger partial charge in [-0.3, -0.25) is 0 Å². The number of nitrogens with two attached hydrogens (primary N) is 1. The lowest BCUT2D eigenvalue weighted by atomic mass is 9.88. The normalized spacial score (nSPS) is 17.8. The van der Waals surface area contributed by atoms with Crippen LogP contribution in [0.3, 0.4) is 0 Å². The van der Waals surface area contributed by atoms with Crippen LogP contribution < -0.4 is 15.2 Å². The van der Waals surface area contributed by atoms with Crippen LogP contribution in [0.25, 0.3) is 0 Å². The fraction of sp³-hybridized carbons (Fsp3) is 0.571. The van der Waals surface area contributed by atoms with Gasteiger partial charge in [0.1, 0.15) is 0 Å². The standard InChI is InChI=1S/C14H19F2NO2/c1-18-11-8-9(14(17)5-3-4-6-14)7-10(13(15)16)12(11)19-2/h7-8,13H,3-6,17H2,1-2H3. The lowest BCUT2D eigenvalue weighted by molar-refractivity contribution is 0.146. The molecule has 106 valence electrons. The maximum atomic E-state index is 13.1. The van der Waals surface area contributed by atoms with Crippen LogP contribution in [0.5, 0.6) is 11.5 Å². The van der Waals surface area contributed by atoms with E-state index >= 15 is 0 Å². The van der Waals surface area contributed by atoms with E-state index in [0.717, 1.165) is 25.7 Å². The summed E-state index contributed by atoms with van der Waals surface area (Å²) in [5, 5.41) is 0. The Bertz CT molecular complexity index is 457. The third kappa shape index (κ3) is 2.52. The highest BCUT2D eigenvalue weighted by molar-refractivity contribution is 5.51. The molecule has 0 aliphatic heterocycles. The number of halogens is 2. The van der Waals surface area contributed by atoms with Crippen LogP contribution in [0.1, 0.15) is 43.2 Å². The highest BCUT2D eigenvalue weighted by atomic mass is 19.3. The summed E-state index contributed by atoms with van der Waals surface area (Å²) in [5.41, 5.74) is 6.35. The summed E-state index contributed by atoms with van der Waals surface area (Å²) in [6.45, 7) is 0. The third-order valence-corrected chi connectivity index (χ3v) is 3.81. The molecule has 2 rings (SSSR count). The summed E-state index contributed by atoms with van der Waals surface area (Å²) < 4.78 is 36.5. The van der Waals surface area contributed by atoms with E-state index in [1.807, 2.05) is 0 Å². The molecule has 0 unspecified atom stereocenters. The van der Waals surface area contributed by atoms with Gasteiger partial charge in [-0.15, -0.1) is 0 Å². The maximum Gasteiger partial charge on any atom is 0.267 e. The number of hydrogen-bond acceptors (Lipinski definition) is 3. The number of benzene rings is 1. The molecule has 0 aromatic heterocycles. The summed E-state index contributed by atoms with van der Waals surface area (Å²) in [4.78, 5) is 0. The topological polar surface area (TPSA) is 44.5 Å². The second-order valence-corrected chi connectivity index (χ2v) is 4.96. The molecular weight excluding hydrogens is 252 g/mol. The zero-order valence-corrected chi connectivity index (χ0v) is 11.2. The molecule has 0 heterocycles. The molecule has 0 atom stereocenters. The first-order valence-corrected chi connectivity index (χ1v) is 6.35. The minimum Gasteiger partial charge on any atom is -0.493 e. The van der Waals surface area contributed by atoms with Gasteiger partial charge >= 0.3 is 0 Å². The molecule has 1 saturated carbocycles. The van der Waals surface area contributed by atoms with Gasteiger partial charge in [-0.1, -0.05) is 12.8 Å². The molecule has 1 aromatic carbocycles. The van der Waals surface area contributed by atoms with Gasteiger partial charge in [-0.25, -0.2) is 8.78 Å². The fourth-order valence-corrected chi connectivity index (χ4v) is 2.74. The van der Waals surface area contributed by atoms with Crippen LogP contribution in [0.2, 0.25) is 0 Å². The number of ether oxygens (including phenoxy) is 2. The van der Waals surface area contributed by atoms with E-state index in [1.165, 1.54) is 20.3 Å². The van der Waals surface area contributed by atoms with Crippen LogP contribution in [0.4, 0.5) is 8.78 Å². The van der Waals surface area contributed by atoms with Crippen LogP contribution in [0, 0.1) is 0 Å². The lowest BCUT2D eigenvalue weighted by Gasteiger charge is -2.26. The van der Waals surface area contributed by atoms with Crippen LogP contribution in [0.15, 0.2) is 12.1 Å². The van der Waals surface area contributed by atoms with Crippen molar-refractivity contribution in [3.63, 3.8) is 0 Å². The Kier molecular flexibility index (Phi) is 3.94. The molecule has 5 heteroatoms. The summed E-state index contributed by atoms with van der Waals surface area (Å²) >= 11 is 0. The smallest absolute Gasteiger partial charge is 0.267 e. The number of methoxy groups -OCH3 is 2. The molecule has 1 aromatic rings. The van der Waals surface area contributed by atoms with Crippen LogP contribution in [-0.2, 0) is 5.54 Å². The van der Waals surface area contributed by atoms with Crippen molar-refractivity contribution in [3.8, 4) is 11.5 Å². The van der Waals surface area contributed by atoms with E-state index in [2.05, 4.69) is 0 Å². The molecule has 0 radical (unpaired) electrons. The Labute approximate surface area is 111 Å². The number of alkyl halides is 2. The van der Waals surface area contributed by atoms with Crippen molar-refractivity contribution < 1.29 is 18.3 Å². The molecule has 0 saturated heterocycles. The van der Waals surface area contributed by atoms with Crippen LogP contribution >= 0.6 is 0 Å². The first kappa shape index (κ1) is 14.1. The zero-order valence-electron chi connectivity index (χ0n) is 11.2. The first-order valence-electron chi connectivity index (χ1n) is 6.35. The minimum atomic E-state index is -2.62. The SMILES string of the molecule is COc1cc(C2(N)CCCC2)cc(C(F)F)c1OC. The Hall–Kier alpha value is -1.36. The molecule has 2 N–H and O–H groups in total. The average molecular weight is 271 g/mol. The third-order valence-electron chi connectivity index (χ3n) is 3.81. The van der Waals surface area contributed by atoms with E-state index in [9.17, 15) is 8.78 Å².